The van der Waals surface area contributed by atoms with E-state index < -0.39 is 11.9 Å². The predicted molar refractivity (Wildman–Crippen MR) is 68.0 cm³/mol. The largest absolute Gasteiger partial charge is 0.481 e. The molecule has 0 atom stereocenters. The van der Waals surface area contributed by atoms with Gasteiger partial charge in [0.2, 0.25) is 0 Å². The van der Waals surface area contributed by atoms with Crippen LogP contribution in [0.4, 0.5) is 0 Å². The van der Waals surface area contributed by atoms with Gasteiger partial charge in [0.1, 0.15) is 0 Å². The summed E-state index contributed by atoms with van der Waals surface area (Å²) in [6, 6.07) is 0. The minimum atomic E-state index is -0.784. The molecule has 0 aromatic rings. The lowest BCUT2D eigenvalue weighted by Crippen LogP contribution is -2.03. The molecule has 0 fully saturated rings. The number of hydrogen-bond donors (Lipinski definition) is 4. The molecule has 0 aromatic carbocycles. The molecule has 0 amide bonds. The van der Waals surface area contributed by atoms with E-state index in [1.165, 1.54) is 0 Å². The fraction of sp³-hybridized carbons (Fsp3) is 0.833. The van der Waals surface area contributed by atoms with E-state index in [1.54, 1.807) is 0 Å². The molecule has 0 spiro atoms. The smallest absolute Gasteiger partial charge is 0.303 e. The summed E-state index contributed by atoms with van der Waals surface area (Å²) in [6.45, 7) is 0.696. The van der Waals surface area contributed by atoms with Crippen LogP contribution in [0.15, 0.2) is 0 Å². The molecule has 0 aliphatic carbocycles. The summed E-state index contributed by atoms with van der Waals surface area (Å²) in [7, 11) is 0. The molecule has 0 aliphatic rings. The highest BCUT2D eigenvalue weighted by atomic mass is 16.5. The first-order chi connectivity index (χ1) is 9.04. The number of rotatable bonds is 11. The van der Waals surface area contributed by atoms with Crippen LogP contribution in [0, 0.1) is 0 Å². The van der Waals surface area contributed by atoms with E-state index in [4.69, 9.17) is 20.4 Å². The Morgan fingerprint density at radius 1 is 0.737 bits per heavy atom. The quantitative estimate of drug-likeness (QED) is 0.406. The van der Waals surface area contributed by atoms with Crippen molar-refractivity contribution >= 4 is 11.9 Å². The van der Waals surface area contributed by atoms with E-state index in [1.807, 2.05) is 0 Å². The zero-order chi connectivity index (χ0) is 14.9. The molecule has 4 N–H and O–H groups in total. The maximum absolute atomic E-state index is 10.0. The summed E-state index contributed by atoms with van der Waals surface area (Å²) in [6.07, 6.45) is 3.28. The fourth-order valence-corrected chi connectivity index (χ4v) is 1.14. The van der Waals surface area contributed by atoms with Crippen molar-refractivity contribution in [3.8, 4) is 0 Å². The molecular formula is C12H24O7. The van der Waals surface area contributed by atoms with Gasteiger partial charge in [-0.1, -0.05) is 12.8 Å². The van der Waals surface area contributed by atoms with E-state index in [2.05, 4.69) is 4.74 Å². The van der Waals surface area contributed by atoms with Crippen LogP contribution in [0.5, 0.6) is 0 Å². The van der Waals surface area contributed by atoms with Gasteiger partial charge in [-0.05, 0) is 12.8 Å². The summed E-state index contributed by atoms with van der Waals surface area (Å²) in [5, 5.41) is 32.7. The Morgan fingerprint density at radius 2 is 1.11 bits per heavy atom. The molecule has 0 aliphatic heterocycles. The van der Waals surface area contributed by atoms with Crippen LogP contribution < -0.4 is 0 Å². The number of aliphatic hydroxyl groups excluding tert-OH is 2. The third-order valence-electron chi connectivity index (χ3n) is 2.00. The molecule has 0 rings (SSSR count). The van der Waals surface area contributed by atoms with Gasteiger partial charge in [0.05, 0.1) is 26.4 Å². The molecule has 7 nitrogen and oxygen atoms in total. The zero-order valence-electron chi connectivity index (χ0n) is 11.1. The zero-order valence-corrected chi connectivity index (χ0v) is 11.1. The fourth-order valence-electron chi connectivity index (χ4n) is 1.14. The minimum Gasteiger partial charge on any atom is -0.481 e. The molecule has 0 unspecified atom stereocenters. The van der Waals surface area contributed by atoms with E-state index in [-0.39, 0.29) is 26.1 Å². The highest BCUT2D eigenvalue weighted by Crippen LogP contribution is 2.04. The van der Waals surface area contributed by atoms with Crippen LogP contribution >= 0.6 is 0 Å². The summed E-state index contributed by atoms with van der Waals surface area (Å²) >= 11 is 0. The molecule has 0 bridgehead atoms. The van der Waals surface area contributed by atoms with Crippen LogP contribution in [0.3, 0.4) is 0 Å². The van der Waals surface area contributed by atoms with Crippen LogP contribution in [-0.2, 0) is 14.3 Å². The molecule has 0 saturated carbocycles. The Labute approximate surface area is 112 Å². The molecule has 114 valence electrons. The molecular weight excluding hydrogens is 256 g/mol. The third kappa shape index (κ3) is 26.4. The maximum atomic E-state index is 10.0. The number of carboxylic acid groups (broad SMARTS) is 2. The summed E-state index contributed by atoms with van der Waals surface area (Å²) < 4.78 is 4.63. The van der Waals surface area contributed by atoms with Crippen molar-refractivity contribution in [2.45, 2.75) is 38.5 Å². The Kier molecular flexibility index (Phi) is 17.8. The second kappa shape index (κ2) is 16.8. The lowest BCUT2D eigenvalue weighted by molar-refractivity contribution is -0.138. The second-order valence-electron chi connectivity index (χ2n) is 3.76. The Balaban J connectivity index is 0. The van der Waals surface area contributed by atoms with Crippen molar-refractivity contribution in [1.29, 1.82) is 0 Å². The topological polar surface area (TPSA) is 124 Å². The third-order valence-corrected chi connectivity index (χ3v) is 2.00. The van der Waals surface area contributed by atoms with Gasteiger partial charge in [-0.15, -0.1) is 0 Å². The average Bonchev–Trinajstić information content (AvgIpc) is 2.34. The molecule has 0 saturated heterocycles. The number of aliphatic hydroxyl groups is 2. The van der Waals surface area contributed by atoms with Crippen LogP contribution in [-0.4, -0.2) is 58.8 Å². The van der Waals surface area contributed by atoms with Gasteiger partial charge >= 0.3 is 11.9 Å². The Hall–Kier alpha value is -1.18. The lowest BCUT2D eigenvalue weighted by atomic mass is 10.1. The van der Waals surface area contributed by atoms with Crippen LogP contribution in [0.25, 0.3) is 0 Å². The maximum Gasteiger partial charge on any atom is 0.303 e. The number of aliphatic carboxylic acids is 2. The van der Waals surface area contributed by atoms with Crippen molar-refractivity contribution in [2.75, 3.05) is 26.4 Å². The number of carbonyl (C=O) groups is 2. The van der Waals surface area contributed by atoms with Gasteiger partial charge in [-0.2, -0.15) is 0 Å². The van der Waals surface area contributed by atoms with Crippen LogP contribution in [0.2, 0.25) is 0 Å². The lowest BCUT2D eigenvalue weighted by Gasteiger charge is -1.96. The first-order valence-electron chi connectivity index (χ1n) is 6.27. The molecule has 0 aromatic heterocycles. The first kappa shape index (κ1) is 20.1. The SMILES string of the molecule is O=C(O)CCCCCCC(=O)O.OCCOCCO. The second-order valence-corrected chi connectivity index (χ2v) is 3.76. The van der Waals surface area contributed by atoms with E-state index in [0.29, 0.717) is 26.1 Å². The molecule has 7 heteroatoms. The van der Waals surface area contributed by atoms with E-state index in [9.17, 15) is 9.59 Å². The Morgan fingerprint density at radius 3 is 1.37 bits per heavy atom. The molecule has 0 radical (unpaired) electrons. The van der Waals surface area contributed by atoms with Gasteiger partial charge in [0.25, 0.3) is 0 Å². The summed E-state index contributed by atoms with van der Waals surface area (Å²) in [4.78, 5) is 20.1. The number of hydrogen-bond acceptors (Lipinski definition) is 5. The monoisotopic (exact) mass is 280 g/mol. The highest BCUT2D eigenvalue weighted by Gasteiger charge is 1.98. The predicted octanol–water partition coefficient (Wildman–Crippen LogP) is 0.484. The molecule has 19 heavy (non-hydrogen) atoms. The van der Waals surface area contributed by atoms with Crippen molar-refractivity contribution in [3.05, 3.63) is 0 Å². The van der Waals surface area contributed by atoms with Crippen LogP contribution in [0.1, 0.15) is 38.5 Å². The van der Waals surface area contributed by atoms with Crippen molar-refractivity contribution in [1.82, 2.24) is 0 Å². The average molecular weight is 280 g/mol. The summed E-state index contributed by atoms with van der Waals surface area (Å²) in [5.41, 5.74) is 0. The van der Waals surface area contributed by atoms with Crippen molar-refractivity contribution in [2.24, 2.45) is 0 Å². The van der Waals surface area contributed by atoms with Gasteiger partial charge in [0, 0.05) is 12.8 Å². The molecule has 0 heterocycles. The van der Waals surface area contributed by atoms with Crippen molar-refractivity contribution in [3.63, 3.8) is 0 Å². The van der Waals surface area contributed by atoms with Gasteiger partial charge in [-0.3, -0.25) is 9.59 Å². The number of unbranched alkanes of at least 4 members (excludes halogenated alkanes) is 3. The van der Waals surface area contributed by atoms with E-state index >= 15 is 0 Å². The minimum absolute atomic E-state index is 0.0278. The Bertz CT molecular complexity index is 196. The van der Waals surface area contributed by atoms with Gasteiger partial charge in [-0.25, -0.2) is 0 Å². The standard InChI is InChI=1S/C8H14O4.C4H10O3/c9-7(10)5-3-1-2-4-6-8(11)12;5-1-3-7-4-2-6/h1-6H2,(H,9,10)(H,11,12);5-6H,1-4H2. The summed E-state index contributed by atoms with van der Waals surface area (Å²) in [5.74, 6) is -1.57. The van der Waals surface area contributed by atoms with Gasteiger partial charge in [0.15, 0.2) is 0 Å². The highest BCUT2D eigenvalue weighted by molar-refractivity contribution is 5.66. The first-order valence-corrected chi connectivity index (χ1v) is 6.27. The normalized spacial score (nSPS) is 9.58. The number of carboxylic acids is 2. The van der Waals surface area contributed by atoms with Gasteiger partial charge < -0.3 is 25.2 Å². The van der Waals surface area contributed by atoms with Crippen molar-refractivity contribution < 1.29 is 34.8 Å². The number of ether oxygens (including phenoxy) is 1. The van der Waals surface area contributed by atoms with E-state index in [0.717, 1.165) is 12.8 Å².